The Kier molecular flexibility index (Phi) is 4.65. The number of nitrogens with zero attached hydrogens (tertiary/aromatic N) is 3. The first kappa shape index (κ1) is 14.9. The lowest BCUT2D eigenvalue weighted by Gasteiger charge is -2.31. The van der Waals surface area contributed by atoms with Crippen LogP contribution in [0.1, 0.15) is 30.2 Å². The third-order valence-electron chi connectivity index (χ3n) is 3.74. The van der Waals surface area contributed by atoms with Crippen molar-refractivity contribution in [3.63, 3.8) is 0 Å². The Balaban J connectivity index is 1.61. The second-order valence-corrected chi connectivity index (χ2v) is 5.77. The summed E-state index contributed by atoms with van der Waals surface area (Å²) in [6, 6.07) is 10.4. The molecule has 1 aliphatic rings. The van der Waals surface area contributed by atoms with Crippen molar-refractivity contribution in [3.8, 4) is 0 Å². The number of aryl methyl sites for hydroxylation is 1. The standard InChI is InChI=1S/C17H22N4O/c1-13(10-15-6-4-3-5-7-15)11-21-8-9-22-16(12-21)17-18-14(2)19-20-17/h3-7,10,16H,8-9,11-12H2,1-2H3,(H,18,19,20)/t16-/m0/s1. The first-order valence-electron chi connectivity index (χ1n) is 7.66. The van der Waals surface area contributed by atoms with Crippen molar-refractivity contribution in [1.82, 2.24) is 20.1 Å². The van der Waals surface area contributed by atoms with Crippen molar-refractivity contribution in [2.24, 2.45) is 0 Å². The molecule has 3 rings (SSSR count). The van der Waals surface area contributed by atoms with E-state index >= 15 is 0 Å². The highest BCUT2D eigenvalue weighted by Gasteiger charge is 2.24. The van der Waals surface area contributed by atoms with E-state index in [1.165, 1.54) is 11.1 Å². The molecule has 1 N–H and O–H groups in total. The van der Waals surface area contributed by atoms with E-state index in [9.17, 15) is 0 Å². The third-order valence-corrected chi connectivity index (χ3v) is 3.74. The summed E-state index contributed by atoms with van der Waals surface area (Å²) in [6.45, 7) is 7.52. The Morgan fingerprint density at radius 2 is 2.23 bits per heavy atom. The summed E-state index contributed by atoms with van der Waals surface area (Å²) in [4.78, 5) is 6.78. The maximum atomic E-state index is 5.80. The SMILES string of the molecule is CC(=Cc1ccccc1)CN1CCO[C@H](c2n[nH]c(C)n2)C1. The number of rotatable bonds is 4. The van der Waals surface area contributed by atoms with E-state index in [4.69, 9.17) is 4.74 Å². The van der Waals surface area contributed by atoms with E-state index in [0.29, 0.717) is 0 Å². The van der Waals surface area contributed by atoms with Gasteiger partial charge in [0, 0.05) is 19.6 Å². The number of hydrogen-bond donors (Lipinski definition) is 1. The molecule has 2 heterocycles. The lowest BCUT2D eigenvalue weighted by Crippen LogP contribution is -2.39. The zero-order valence-electron chi connectivity index (χ0n) is 13.1. The normalized spacial score (nSPS) is 20.3. The van der Waals surface area contributed by atoms with Crippen LogP contribution in [0, 0.1) is 6.92 Å². The van der Waals surface area contributed by atoms with Gasteiger partial charge in [-0.3, -0.25) is 10.00 Å². The molecule has 1 aromatic heterocycles. The first-order valence-corrected chi connectivity index (χ1v) is 7.66. The molecule has 0 spiro atoms. The molecule has 0 amide bonds. The van der Waals surface area contributed by atoms with Gasteiger partial charge in [-0.15, -0.1) is 0 Å². The van der Waals surface area contributed by atoms with E-state index in [1.807, 2.05) is 13.0 Å². The van der Waals surface area contributed by atoms with Crippen molar-refractivity contribution >= 4 is 6.08 Å². The number of nitrogens with one attached hydrogen (secondary N) is 1. The summed E-state index contributed by atoms with van der Waals surface area (Å²) in [5, 5.41) is 7.10. The molecular weight excluding hydrogens is 276 g/mol. The van der Waals surface area contributed by atoms with Crippen LogP contribution in [0.4, 0.5) is 0 Å². The highest BCUT2D eigenvalue weighted by atomic mass is 16.5. The minimum absolute atomic E-state index is 0.0387. The van der Waals surface area contributed by atoms with Crippen molar-refractivity contribution in [3.05, 3.63) is 53.1 Å². The van der Waals surface area contributed by atoms with Crippen LogP contribution in [0.15, 0.2) is 35.9 Å². The molecule has 0 unspecified atom stereocenters. The van der Waals surface area contributed by atoms with Gasteiger partial charge >= 0.3 is 0 Å². The molecule has 22 heavy (non-hydrogen) atoms. The molecular formula is C17H22N4O. The quantitative estimate of drug-likeness (QED) is 0.942. The van der Waals surface area contributed by atoms with Gasteiger partial charge in [-0.2, -0.15) is 5.10 Å². The number of ether oxygens (including phenoxy) is 1. The summed E-state index contributed by atoms with van der Waals surface area (Å²) in [7, 11) is 0. The summed E-state index contributed by atoms with van der Waals surface area (Å²) in [5.74, 6) is 1.59. The van der Waals surface area contributed by atoms with Gasteiger partial charge in [0.2, 0.25) is 0 Å². The van der Waals surface area contributed by atoms with Crippen molar-refractivity contribution in [2.45, 2.75) is 20.0 Å². The lowest BCUT2D eigenvalue weighted by molar-refractivity contribution is -0.0310. The Bertz CT molecular complexity index is 635. The second-order valence-electron chi connectivity index (χ2n) is 5.77. The zero-order chi connectivity index (χ0) is 15.4. The molecule has 0 bridgehead atoms. The summed E-state index contributed by atoms with van der Waals surface area (Å²) < 4.78 is 5.80. The average Bonchev–Trinajstić information content (AvgIpc) is 2.95. The minimum atomic E-state index is -0.0387. The van der Waals surface area contributed by atoms with Gasteiger partial charge in [-0.1, -0.05) is 42.0 Å². The molecule has 1 atom stereocenters. The van der Waals surface area contributed by atoms with E-state index < -0.39 is 0 Å². The fourth-order valence-electron chi connectivity index (χ4n) is 2.74. The molecule has 1 aromatic carbocycles. The van der Waals surface area contributed by atoms with Crippen LogP contribution in [0.3, 0.4) is 0 Å². The predicted octanol–water partition coefficient (Wildman–Crippen LogP) is 2.59. The molecule has 2 aromatic rings. The smallest absolute Gasteiger partial charge is 0.180 e. The van der Waals surface area contributed by atoms with E-state index in [-0.39, 0.29) is 6.10 Å². The van der Waals surface area contributed by atoms with E-state index in [0.717, 1.165) is 37.9 Å². The number of H-pyrrole nitrogens is 1. The minimum Gasteiger partial charge on any atom is -0.367 e. The first-order chi connectivity index (χ1) is 10.7. The Labute approximate surface area is 131 Å². The summed E-state index contributed by atoms with van der Waals surface area (Å²) in [6.07, 6.45) is 2.20. The number of hydrogen-bond acceptors (Lipinski definition) is 4. The van der Waals surface area contributed by atoms with Gasteiger partial charge in [0.15, 0.2) is 5.82 Å². The molecule has 116 valence electrons. The van der Waals surface area contributed by atoms with Crippen LogP contribution in [0.25, 0.3) is 6.08 Å². The van der Waals surface area contributed by atoms with Gasteiger partial charge in [0.05, 0.1) is 6.61 Å². The van der Waals surface area contributed by atoms with Crippen LogP contribution in [-0.2, 0) is 4.74 Å². The average molecular weight is 298 g/mol. The fourth-order valence-corrected chi connectivity index (χ4v) is 2.74. The number of benzene rings is 1. The monoisotopic (exact) mass is 298 g/mol. The number of aromatic amines is 1. The third kappa shape index (κ3) is 3.81. The van der Waals surface area contributed by atoms with Gasteiger partial charge < -0.3 is 4.74 Å². The fraction of sp³-hybridized carbons (Fsp3) is 0.412. The van der Waals surface area contributed by atoms with Crippen LogP contribution < -0.4 is 0 Å². The van der Waals surface area contributed by atoms with Crippen LogP contribution in [-0.4, -0.2) is 46.3 Å². The topological polar surface area (TPSA) is 54.0 Å². The summed E-state index contributed by atoms with van der Waals surface area (Å²) >= 11 is 0. The lowest BCUT2D eigenvalue weighted by atomic mass is 10.1. The molecule has 1 fully saturated rings. The molecule has 1 saturated heterocycles. The van der Waals surface area contributed by atoms with E-state index in [2.05, 4.69) is 57.3 Å². The second kappa shape index (κ2) is 6.85. The van der Waals surface area contributed by atoms with Crippen molar-refractivity contribution in [1.29, 1.82) is 0 Å². The highest BCUT2D eigenvalue weighted by Crippen LogP contribution is 2.20. The highest BCUT2D eigenvalue weighted by molar-refractivity contribution is 5.52. The van der Waals surface area contributed by atoms with Crippen molar-refractivity contribution < 1.29 is 4.74 Å². The molecule has 0 saturated carbocycles. The van der Waals surface area contributed by atoms with Crippen LogP contribution in [0.5, 0.6) is 0 Å². The van der Waals surface area contributed by atoms with Gasteiger partial charge in [0.1, 0.15) is 11.9 Å². The maximum absolute atomic E-state index is 5.80. The molecule has 5 nitrogen and oxygen atoms in total. The zero-order valence-corrected chi connectivity index (χ0v) is 13.1. The molecule has 0 aliphatic carbocycles. The van der Waals surface area contributed by atoms with E-state index in [1.54, 1.807) is 0 Å². The van der Waals surface area contributed by atoms with Crippen LogP contribution >= 0.6 is 0 Å². The Hall–Kier alpha value is -1.98. The summed E-state index contributed by atoms with van der Waals surface area (Å²) in [5.41, 5.74) is 2.59. The largest absolute Gasteiger partial charge is 0.367 e. The molecule has 1 aliphatic heterocycles. The number of morpholine rings is 1. The maximum Gasteiger partial charge on any atom is 0.180 e. The Morgan fingerprint density at radius 1 is 1.41 bits per heavy atom. The molecule has 5 heteroatoms. The van der Waals surface area contributed by atoms with Gasteiger partial charge in [0.25, 0.3) is 0 Å². The van der Waals surface area contributed by atoms with Crippen LogP contribution in [0.2, 0.25) is 0 Å². The Morgan fingerprint density at radius 3 is 2.95 bits per heavy atom. The van der Waals surface area contributed by atoms with Crippen molar-refractivity contribution in [2.75, 3.05) is 26.2 Å². The van der Waals surface area contributed by atoms with Gasteiger partial charge in [-0.25, -0.2) is 4.98 Å². The molecule has 0 radical (unpaired) electrons. The van der Waals surface area contributed by atoms with Gasteiger partial charge in [-0.05, 0) is 19.4 Å². The predicted molar refractivity (Wildman–Crippen MR) is 86.3 cm³/mol. The number of aromatic nitrogens is 3.